The van der Waals surface area contributed by atoms with Crippen molar-refractivity contribution in [2.45, 2.75) is 79.5 Å². The van der Waals surface area contributed by atoms with Crippen LogP contribution in [0.25, 0.3) is 0 Å². The number of hydrogen-bond donors (Lipinski definition) is 2. The van der Waals surface area contributed by atoms with Gasteiger partial charge in [0.25, 0.3) is 5.91 Å². The van der Waals surface area contributed by atoms with Crippen molar-refractivity contribution in [2.75, 3.05) is 0 Å². The van der Waals surface area contributed by atoms with Crippen molar-refractivity contribution in [1.29, 1.82) is 0 Å². The SMILES string of the molecule is N[C@@H]1CCCC[C@H]1NC(=O)C(F)(F)C(F)(F)C(F)(F)C(F)(F)C(F)(F)C(F)(F)C(F)(F)F. The number of nitrogens with one attached hydrogen (secondary N) is 1. The molecule has 0 spiro atoms. The molecule has 1 rings (SSSR count). The topological polar surface area (TPSA) is 55.1 Å². The van der Waals surface area contributed by atoms with Crippen molar-refractivity contribution < 1.29 is 70.7 Å². The Morgan fingerprint density at radius 3 is 1.41 bits per heavy atom. The Labute approximate surface area is 168 Å². The van der Waals surface area contributed by atoms with Crippen molar-refractivity contribution in [2.24, 2.45) is 5.73 Å². The predicted octanol–water partition coefficient (Wildman–Crippen LogP) is 4.75. The first kappa shape index (κ1) is 28.4. The summed E-state index contributed by atoms with van der Waals surface area (Å²) in [6, 6.07) is -2.75. The maximum absolute atomic E-state index is 13.8. The van der Waals surface area contributed by atoms with Gasteiger partial charge in [0.05, 0.1) is 0 Å². The van der Waals surface area contributed by atoms with E-state index in [-0.39, 0.29) is 19.3 Å². The van der Waals surface area contributed by atoms with Crippen molar-refractivity contribution in [3.63, 3.8) is 0 Å². The van der Waals surface area contributed by atoms with Crippen LogP contribution in [-0.4, -0.2) is 59.7 Å². The Hall–Kier alpha value is -1.62. The van der Waals surface area contributed by atoms with Gasteiger partial charge in [0, 0.05) is 12.1 Å². The van der Waals surface area contributed by atoms with Gasteiger partial charge in [-0.25, -0.2) is 0 Å². The van der Waals surface area contributed by atoms with Crippen LogP contribution in [0.1, 0.15) is 25.7 Å². The predicted molar refractivity (Wildman–Crippen MR) is 74.1 cm³/mol. The lowest BCUT2D eigenvalue weighted by Gasteiger charge is -2.41. The third-order valence-electron chi connectivity index (χ3n) is 4.75. The monoisotopic (exact) mass is 510 g/mol. The quantitative estimate of drug-likeness (QED) is 0.487. The molecular formula is C14H13F15N2O. The van der Waals surface area contributed by atoms with Crippen LogP contribution < -0.4 is 11.1 Å². The van der Waals surface area contributed by atoms with Gasteiger partial charge in [-0.3, -0.25) is 4.79 Å². The maximum Gasteiger partial charge on any atom is 0.460 e. The number of nitrogens with two attached hydrogens (primary N) is 1. The highest BCUT2D eigenvalue weighted by Gasteiger charge is 2.94. The lowest BCUT2D eigenvalue weighted by molar-refractivity contribution is -0.449. The first-order valence-corrected chi connectivity index (χ1v) is 8.31. The molecule has 1 saturated carbocycles. The molecule has 0 heterocycles. The molecule has 1 amide bonds. The molecule has 32 heavy (non-hydrogen) atoms. The van der Waals surface area contributed by atoms with Gasteiger partial charge in [0.15, 0.2) is 0 Å². The summed E-state index contributed by atoms with van der Waals surface area (Å²) in [7, 11) is 0. The molecule has 0 aromatic rings. The van der Waals surface area contributed by atoms with Gasteiger partial charge in [-0.2, -0.15) is 65.9 Å². The molecule has 1 fully saturated rings. The summed E-state index contributed by atoms with van der Waals surface area (Å²) >= 11 is 0. The van der Waals surface area contributed by atoms with E-state index in [0.717, 1.165) is 5.32 Å². The molecule has 1 aliphatic carbocycles. The van der Waals surface area contributed by atoms with Gasteiger partial charge in [-0.05, 0) is 12.8 Å². The molecule has 0 bridgehead atoms. The van der Waals surface area contributed by atoms with E-state index in [0.29, 0.717) is 6.42 Å². The summed E-state index contributed by atoms with van der Waals surface area (Å²) in [5, 5.41) is 1.04. The number of carbonyl (C=O) groups is 1. The molecule has 3 N–H and O–H groups in total. The first-order valence-electron chi connectivity index (χ1n) is 8.31. The van der Waals surface area contributed by atoms with Gasteiger partial charge in [-0.15, -0.1) is 0 Å². The van der Waals surface area contributed by atoms with Crippen molar-refractivity contribution in [3.05, 3.63) is 0 Å². The summed E-state index contributed by atoms with van der Waals surface area (Å²) in [4.78, 5) is 11.4. The fourth-order valence-corrected chi connectivity index (χ4v) is 2.71. The molecular weight excluding hydrogens is 497 g/mol. The Bertz CT molecular complexity index is 703. The van der Waals surface area contributed by atoms with Crippen LogP contribution in [0.2, 0.25) is 0 Å². The molecule has 2 atom stereocenters. The summed E-state index contributed by atoms with van der Waals surface area (Å²) in [6.07, 6.45) is -7.40. The Morgan fingerprint density at radius 2 is 1.00 bits per heavy atom. The van der Waals surface area contributed by atoms with Crippen molar-refractivity contribution in [3.8, 4) is 0 Å². The van der Waals surface area contributed by atoms with Gasteiger partial charge < -0.3 is 11.1 Å². The van der Waals surface area contributed by atoms with E-state index in [1.165, 1.54) is 0 Å². The molecule has 0 unspecified atom stereocenters. The van der Waals surface area contributed by atoms with E-state index >= 15 is 0 Å². The minimum absolute atomic E-state index is 0.0138. The zero-order valence-corrected chi connectivity index (χ0v) is 15.1. The standard InChI is InChI=1S/C14H13F15N2O/c15-8(16,7(32)31-6-4-2-1-3-5(6)30)9(17,18)10(19,20)11(21,22)12(23,24)13(25,26)14(27,28)29/h5-6H,1-4,30H2,(H,31,32)/t5-,6-/m1/s1. The zero-order valence-electron chi connectivity index (χ0n) is 15.1. The molecule has 190 valence electrons. The molecule has 3 nitrogen and oxygen atoms in total. The average molecular weight is 510 g/mol. The average Bonchev–Trinajstić information content (AvgIpc) is 2.61. The van der Waals surface area contributed by atoms with Crippen molar-refractivity contribution >= 4 is 5.91 Å². The first-order chi connectivity index (χ1) is 13.9. The number of amides is 1. The van der Waals surface area contributed by atoms with Crippen LogP contribution >= 0.6 is 0 Å². The van der Waals surface area contributed by atoms with E-state index in [1.807, 2.05) is 0 Å². The molecule has 0 aromatic heterocycles. The van der Waals surface area contributed by atoms with Crippen LogP contribution in [-0.2, 0) is 4.79 Å². The van der Waals surface area contributed by atoms with Crippen LogP contribution in [0.15, 0.2) is 0 Å². The second-order valence-corrected chi connectivity index (χ2v) is 6.97. The van der Waals surface area contributed by atoms with E-state index in [2.05, 4.69) is 0 Å². The smallest absolute Gasteiger partial charge is 0.346 e. The highest BCUT2D eigenvalue weighted by atomic mass is 19.4. The lowest BCUT2D eigenvalue weighted by Crippen LogP contribution is -2.74. The third kappa shape index (κ3) is 3.95. The molecule has 18 heteroatoms. The summed E-state index contributed by atoms with van der Waals surface area (Å²) < 4.78 is 196. The maximum atomic E-state index is 13.8. The number of alkyl halides is 15. The molecule has 0 saturated heterocycles. The number of halogens is 15. The normalized spacial score (nSPS) is 22.6. The van der Waals surface area contributed by atoms with Crippen LogP contribution in [0.4, 0.5) is 65.9 Å². The van der Waals surface area contributed by atoms with E-state index in [9.17, 15) is 70.7 Å². The van der Waals surface area contributed by atoms with E-state index in [1.54, 1.807) is 0 Å². The number of carbonyl (C=O) groups excluding carboxylic acids is 1. The molecule has 0 radical (unpaired) electrons. The lowest BCUT2D eigenvalue weighted by atomic mass is 9.89. The summed E-state index contributed by atoms with van der Waals surface area (Å²) in [6.45, 7) is 0. The molecule has 1 aliphatic rings. The van der Waals surface area contributed by atoms with Crippen LogP contribution in [0, 0.1) is 0 Å². The van der Waals surface area contributed by atoms with Crippen LogP contribution in [0.3, 0.4) is 0 Å². The number of hydrogen-bond acceptors (Lipinski definition) is 2. The van der Waals surface area contributed by atoms with Gasteiger partial charge >= 0.3 is 41.7 Å². The Balaban J connectivity index is 3.40. The van der Waals surface area contributed by atoms with E-state index in [4.69, 9.17) is 5.73 Å². The fraction of sp³-hybridized carbons (Fsp3) is 0.929. The Kier molecular flexibility index (Phi) is 7.10. The highest BCUT2D eigenvalue weighted by Crippen LogP contribution is 2.62. The summed E-state index contributed by atoms with van der Waals surface area (Å²) in [5.74, 6) is -51.4. The zero-order chi connectivity index (χ0) is 25.8. The minimum Gasteiger partial charge on any atom is -0.346 e. The third-order valence-corrected chi connectivity index (χ3v) is 4.75. The second kappa shape index (κ2) is 8.00. The number of rotatable bonds is 7. The van der Waals surface area contributed by atoms with Crippen LogP contribution in [0.5, 0.6) is 0 Å². The summed E-state index contributed by atoms with van der Waals surface area (Å²) in [5.41, 5.74) is 5.38. The van der Waals surface area contributed by atoms with Crippen molar-refractivity contribution in [1.82, 2.24) is 5.32 Å². The Morgan fingerprint density at radius 1 is 0.625 bits per heavy atom. The second-order valence-electron chi connectivity index (χ2n) is 6.97. The fourth-order valence-electron chi connectivity index (χ4n) is 2.71. The molecule has 0 aliphatic heterocycles. The van der Waals surface area contributed by atoms with Gasteiger partial charge in [0.2, 0.25) is 0 Å². The van der Waals surface area contributed by atoms with E-state index < -0.39 is 59.7 Å². The van der Waals surface area contributed by atoms with Gasteiger partial charge in [-0.1, -0.05) is 12.8 Å². The minimum atomic E-state index is -8.42. The highest BCUT2D eigenvalue weighted by molar-refractivity contribution is 5.85. The van der Waals surface area contributed by atoms with Gasteiger partial charge in [0.1, 0.15) is 0 Å². The molecule has 0 aromatic carbocycles. The largest absolute Gasteiger partial charge is 0.460 e.